The lowest BCUT2D eigenvalue weighted by atomic mass is 9.96. The molecule has 0 unspecified atom stereocenters. The van der Waals surface area contributed by atoms with E-state index in [4.69, 9.17) is 9.15 Å². The Hall–Kier alpha value is -5.03. The maximum Gasteiger partial charge on any atom is 0.255 e. The minimum atomic E-state index is -0.990. The Morgan fingerprint density at radius 3 is 2.28 bits per heavy atom. The number of hydrogen-bond donors (Lipinski definition) is 5. The molecule has 9 nitrogen and oxygen atoms in total. The molecule has 0 bridgehead atoms. The molecular formula is C33H29FN3O6+. The molecule has 1 aromatic heterocycles. The van der Waals surface area contributed by atoms with Crippen LogP contribution in [0.4, 0.5) is 10.1 Å². The first kappa shape index (κ1) is 28.1. The summed E-state index contributed by atoms with van der Waals surface area (Å²) in [7, 11) is 2.94. The van der Waals surface area contributed by atoms with Gasteiger partial charge >= 0.3 is 0 Å². The number of fused-ring (bicyclic) bond motifs is 1. The summed E-state index contributed by atoms with van der Waals surface area (Å²) in [5.74, 6) is -0.641. The lowest BCUT2D eigenvalue weighted by Crippen LogP contribution is -3.02. The van der Waals surface area contributed by atoms with Gasteiger partial charge in [0.2, 0.25) is 5.69 Å². The second-order valence-corrected chi connectivity index (χ2v) is 10.4. The number of furan rings is 1. The summed E-state index contributed by atoms with van der Waals surface area (Å²) in [6.45, 7) is 0. The molecule has 1 heterocycles. The number of ether oxygens (including phenoxy) is 1. The summed E-state index contributed by atoms with van der Waals surface area (Å²) in [6.07, 6.45) is 1.64. The van der Waals surface area contributed by atoms with Crippen LogP contribution < -0.4 is 20.6 Å². The SMILES string of the molecule is CNC(=O)c1c(-c2ccc(F)cc2)oc2cc([NH+](O)O)c(-c3cc(C(=O)NC4(c5ccccc5)CC4)ccc3OC)cc12. The van der Waals surface area contributed by atoms with Gasteiger partial charge in [0.25, 0.3) is 11.8 Å². The molecule has 1 aliphatic carbocycles. The average molecular weight is 583 g/mol. The van der Waals surface area contributed by atoms with Gasteiger partial charge in [-0.05, 0) is 72.2 Å². The second-order valence-electron chi connectivity index (χ2n) is 10.4. The molecule has 6 rings (SSSR count). The van der Waals surface area contributed by atoms with Crippen molar-refractivity contribution in [3.8, 4) is 28.2 Å². The largest absolute Gasteiger partial charge is 0.496 e. The predicted molar refractivity (Wildman–Crippen MR) is 156 cm³/mol. The number of carbonyl (C=O) groups excluding carboxylic acids is 2. The van der Waals surface area contributed by atoms with Crippen molar-refractivity contribution in [2.75, 3.05) is 14.2 Å². The maximum atomic E-state index is 13.6. The summed E-state index contributed by atoms with van der Waals surface area (Å²) in [5, 5.41) is 25.8. The Kier molecular flexibility index (Phi) is 7.18. The molecule has 10 heteroatoms. The lowest BCUT2D eigenvalue weighted by molar-refractivity contribution is -1.19. The second kappa shape index (κ2) is 11.0. The highest BCUT2D eigenvalue weighted by Gasteiger charge is 2.45. The van der Waals surface area contributed by atoms with Crippen LogP contribution in [-0.2, 0) is 5.54 Å². The third-order valence-electron chi connectivity index (χ3n) is 7.81. The van der Waals surface area contributed by atoms with E-state index in [2.05, 4.69) is 10.6 Å². The van der Waals surface area contributed by atoms with E-state index < -0.39 is 22.5 Å². The normalized spacial score (nSPS) is 13.6. The van der Waals surface area contributed by atoms with Crippen molar-refractivity contribution in [2.24, 2.45) is 0 Å². The van der Waals surface area contributed by atoms with Crippen molar-refractivity contribution in [2.45, 2.75) is 18.4 Å². The van der Waals surface area contributed by atoms with Gasteiger partial charge < -0.3 is 19.8 Å². The fraction of sp³-hybridized carbons (Fsp3) is 0.152. The zero-order valence-corrected chi connectivity index (χ0v) is 23.4. The Morgan fingerprint density at radius 1 is 0.930 bits per heavy atom. The van der Waals surface area contributed by atoms with Gasteiger partial charge in [-0.25, -0.2) is 4.39 Å². The molecule has 0 atom stereocenters. The van der Waals surface area contributed by atoms with E-state index in [0.717, 1.165) is 18.4 Å². The zero-order valence-electron chi connectivity index (χ0n) is 23.4. The van der Waals surface area contributed by atoms with E-state index >= 15 is 0 Å². The Labute approximate surface area is 246 Å². The molecule has 218 valence electrons. The van der Waals surface area contributed by atoms with Gasteiger partial charge in [-0.1, -0.05) is 30.3 Å². The predicted octanol–water partition coefficient (Wildman–Crippen LogP) is 4.99. The van der Waals surface area contributed by atoms with Gasteiger partial charge in [0.15, 0.2) is 0 Å². The Bertz CT molecular complexity index is 1850. The molecule has 2 amide bonds. The minimum Gasteiger partial charge on any atom is -0.496 e. The van der Waals surface area contributed by atoms with Crippen molar-refractivity contribution in [1.29, 1.82) is 0 Å². The molecule has 1 saturated carbocycles. The van der Waals surface area contributed by atoms with E-state index in [1.165, 1.54) is 44.5 Å². The van der Waals surface area contributed by atoms with Crippen LogP contribution in [0, 0.1) is 5.82 Å². The van der Waals surface area contributed by atoms with Crippen LogP contribution >= 0.6 is 0 Å². The number of benzene rings is 4. The molecule has 0 spiro atoms. The highest BCUT2D eigenvalue weighted by Crippen LogP contribution is 2.46. The van der Waals surface area contributed by atoms with E-state index in [0.29, 0.717) is 33.4 Å². The minimum absolute atomic E-state index is 0.00540. The molecule has 0 radical (unpaired) electrons. The van der Waals surface area contributed by atoms with Crippen LogP contribution in [0.1, 0.15) is 39.1 Å². The molecule has 1 aliphatic rings. The standard InChI is InChI=1S/C33H28FN3O6/c1-35-32(39)29-25-17-23(26(37(40)41)18-28(25)43-30(29)19-8-11-22(34)12-9-19)24-16-20(10-13-27(24)42-2)31(38)36-33(14-15-33)21-6-4-3-5-7-21/h3-13,16-18,40-41H,14-15H2,1-2H3,(H,35,39)(H,36,38)/p+1. The van der Waals surface area contributed by atoms with Crippen molar-refractivity contribution in [3.05, 3.63) is 107 Å². The Balaban J connectivity index is 1.49. The maximum absolute atomic E-state index is 13.6. The van der Waals surface area contributed by atoms with E-state index in [1.54, 1.807) is 24.3 Å². The summed E-state index contributed by atoms with van der Waals surface area (Å²) in [5.41, 5.74) is 2.45. The molecule has 1 fully saturated rings. The average Bonchev–Trinajstić information content (AvgIpc) is 3.72. The molecular weight excluding hydrogens is 553 g/mol. The smallest absolute Gasteiger partial charge is 0.255 e. The fourth-order valence-corrected chi connectivity index (χ4v) is 5.42. The number of amides is 2. The summed E-state index contributed by atoms with van der Waals surface area (Å²) < 4.78 is 25.3. The summed E-state index contributed by atoms with van der Waals surface area (Å²) in [4.78, 5) is 26.6. The van der Waals surface area contributed by atoms with E-state index in [9.17, 15) is 24.4 Å². The van der Waals surface area contributed by atoms with Crippen LogP contribution in [0.2, 0.25) is 0 Å². The molecule has 5 aromatic rings. The summed E-state index contributed by atoms with van der Waals surface area (Å²) >= 11 is 0. The topological polar surface area (TPSA) is 125 Å². The first-order valence-electron chi connectivity index (χ1n) is 13.6. The zero-order chi connectivity index (χ0) is 30.3. The highest BCUT2D eigenvalue weighted by molar-refractivity contribution is 6.12. The van der Waals surface area contributed by atoms with Crippen molar-refractivity contribution >= 4 is 28.5 Å². The molecule has 0 aliphatic heterocycles. The van der Waals surface area contributed by atoms with Gasteiger partial charge in [0.1, 0.15) is 22.9 Å². The number of rotatable bonds is 8. The summed E-state index contributed by atoms with van der Waals surface area (Å²) in [6, 6.07) is 23.1. The van der Waals surface area contributed by atoms with Crippen LogP contribution in [-0.4, -0.2) is 36.4 Å². The molecule has 43 heavy (non-hydrogen) atoms. The molecule has 0 saturated heterocycles. The third kappa shape index (κ3) is 5.12. The first-order valence-corrected chi connectivity index (χ1v) is 13.6. The number of methoxy groups -OCH3 is 1. The number of quaternary nitrogens is 1. The van der Waals surface area contributed by atoms with Crippen LogP contribution in [0.25, 0.3) is 33.4 Å². The highest BCUT2D eigenvalue weighted by atomic mass is 19.1. The monoisotopic (exact) mass is 582 g/mol. The molecule has 5 N–H and O–H groups in total. The lowest BCUT2D eigenvalue weighted by Gasteiger charge is -2.19. The van der Waals surface area contributed by atoms with Crippen molar-refractivity contribution in [3.63, 3.8) is 0 Å². The molecule has 4 aromatic carbocycles. The fourth-order valence-electron chi connectivity index (χ4n) is 5.42. The Morgan fingerprint density at radius 2 is 1.65 bits per heavy atom. The quantitative estimate of drug-likeness (QED) is 0.164. The van der Waals surface area contributed by atoms with Crippen LogP contribution in [0.3, 0.4) is 0 Å². The first-order chi connectivity index (χ1) is 20.7. The van der Waals surface area contributed by atoms with Gasteiger partial charge in [-0.3, -0.25) is 9.59 Å². The van der Waals surface area contributed by atoms with Crippen molar-refractivity contribution < 1.29 is 38.8 Å². The van der Waals surface area contributed by atoms with E-state index in [-0.39, 0.29) is 28.5 Å². The van der Waals surface area contributed by atoms with Gasteiger partial charge in [-0.15, -0.1) is 0 Å². The van der Waals surface area contributed by atoms with Crippen molar-refractivity contribution in [1.82, 2.24) is 10.6 Å². The van der Waals surface area contributed by atoms with Crippen LogP contribution in [0.15, 0.2) is 89.3 Å². The van der Waals surface area contributed by atoms with Gasteiger partial charge in [0.05, 0.1) is 23.8 Å². The number of carbonyl (C=O) groups is 2. The number of nitrogens with one attached hydrogen (secondary N) is 3. The number of hydrogen-bond acceptors (Lipinski definition) is 6. The van der Waals surface area contributed by atoms with E-state index in [1.807, 2.05) is 30.3 Å². The van der Waals surface area contributed by atoms with Gasteiger partial charge in [0, 0.05) is 35.2 Å². The third-order valence-corrected chi connectivity index (χ3v) is 7.81. The number of halogens is 1. The van der Waals surface area contributed by atoms with Crippen LogP contribution in [0.5, 0.6) is 5.75 Å². The van der Waals surface area contributed by atoms with Gasteiger partial charge in [-0.2, -0.15) is 10.4 Å².